The second kappa shape index (κ2) is 7.81. The fraction of sp³-hybridized carbons (Fsp3) is 0.0833. The van der Waals surface area contributed by atoms with Crippen molar-refractivity contribution >= 4 is 16.9 Å². The zero-order chi connectivity index (χ0) is 19.3. The number of nitriles is 1. The SMILES string of the molecule is N#C/C(=C(\CC(=O)c1ccc2c(c1)OCO2)c1ccccc1)c1ccccc1. The number of carbonyl (C=O) groups is 1. The lowest BCUT2D eigenvalue weighted by Gasteiger charge is -2.12. The van der Waals surface area contributed by atoms with Crippen LogP contribution in [0.1, 0.15) is 27.9 Å². The van der Waals surface area contributed by atoms with Gasteiger partial charge in [-0.3, -0.25) is 4.79 Å². The summed E-state index contributed by atoms with van der Waals surface area (Å²) in [5.74, 6) is 1.12. The Balaban J connectivity index is 1.75. The van der Waals surface area contributed by atoms with Crippen molar-refractivity contribution in [3.63, 3.8) is 0 Å². The number of fused-ring (bicyclic) bond motifs is 1. The summed E-state index contributed by atoms with van der Waals surface area (Å²) in [6, 6.07) is 26.5. The molecule has 4 heteroatoms. The molecule has 3 aromatic rings. The molecule has 136 valence electrons. The summed E-state index contributed by atoms with van der Waals surface area (Å²) in [5.41, 5.74) is 3.39. The molecule has 0 fully saturated rings. The van der Waals surface area contributed by atoms with Crippen molar-refractivity contribution in [3.8, 4) is 17.6 Å². The van der Waals surface area contributed by atoms with Crippen LogP contribution in [-0.4, -0.2) is 12.6 Å². The molecule has 1 aliphatic rings. The highest BCUT2D eigenvalue weighted by molar-refractivity contribution is 6.09. The number of benzene rings is 3. The predicted molar refractivity (Wildman–Crippen MR) is 107 cm³/mol. The average Bonchev–Trinajstić information content (AvgIpc) is 3.23. The van der Waals surface area contributed by atoms with Crippen LogP contribution in [0.15, 0.2) is 78.9 Å². The van der Waals surface area contributed by atoms with Gasteiger partial charge in [0.25, 0.3) is 0 Å². The van der Waals surface area contributed by atoms with Gasteiger partial charge in [-0.25, -0.2) is 0 Å². The van der Waals surface area contributed by atoms with Crippen LogP contribution in [0.3, 0.4) is 0 Å². The van der Waals surface area contributed by atoms with Crippen LogP contribution < -0.4 is 9.47 Å². The van der Waals surface area contributed by atoms with Crippen molar-refractivity contribution in [2.24, 2.45) is 0 Å². The summed E-state index contributed by atoms with van der Waals surface area (Å²) in [5, 5.41) is 9.87. The third-order valence-corrected chi connectivity index (χ3v) is 4.63. The highest BCUT2D eigenvalue weighted by Gasteiger charge is 2.19. The van der Waals surface area contributed by atoms with Crippen LogP contribution in [0.4, 0.5) is 0 Å². The van der Waals surface area contributed by atoms with E-state index in [1.54, 1.807) is 18.2 Å². The van der Waals surface area contributed by atoms with E-state index in [0.717, 1.165) is 11.1 Å². The zero-order valence-corrected chi connectivity index (χ0v) is 15.1. The Labute approximate surface area is 163 Å². The number of hydrogen-bond donors (Lipinski definition) is 0. The molecule has 1 heterocycles. The molecule has 4 rings (SSSR count). The maximum Gasteiger partial charge on any atom is 0.231 e. The Kier molecular flexibility index (Phi) is 4.90. The van der Waals surface area contributed by atoms with Gasteiger partial charge < -0.3 is 9.47 Å². The van der Waals surface area contributed by atoms with Crippen molar-refractivity contribution in [1.82, 2.24) is 0 Å². The van der Waals surface area contributed by atoms with Crippen molar-refractivity contribution in [2.45, 2.75) is 6.42 Å². The van der Waals surface area contributed by atoms with E-state index in [1.807, 2.05) is 60.7 Å². The summed E-state index contributed by atoms with van der Waals surface area (Å²) in [4.78, 5) is 13.0. The molecule has 0 saturated heterocycles. The Morgan fingerprint density at radius 1 is 0.821 bits per heavy atom. The van der Waals surface area contributed by atoms with Gasteiger partial charge in [0.2, 0.25) is 6.79 Å². The number of carbonyl (C=O) groups excluding carboxylic acids is 1. The van der Waals surface area contributed by atoms with E-state index in [9.17, 15) is 10.1 Å². The van der Waals surface area contributed by atoms with Gasteiger partial charge in [-0.1, -0.05) is 60.7 Å². The number of Topliss-reactive ketones (excluding diaryl/α,β-unsaturated/α-hetero) is 1. The fourth-order valence-corrected chi connectivity index (χ4v) is 3.22. The van der Waals surface area contributed by atoms with Crippen molar-refractivity contribution in [1.29, 1.82) is 5.26 Å². The van der Waals surface area contributed by atoms with E-state index in [4.69, 9.17) is 9.47 Å². The van der Waals surface area contributed by atoms with Gasteiger partial charge in [0, 0.05) is 12.0 Å². The molecule has 28 heavy (non-hydrogen) atoms. The molecule has 0 spiro atoms. The summed E-state index contributed by atoms with van der Waals surface area (Å²) in [6.07, 6.45) is 0.113. The van der Waals surface area contributed by atoms with Crippen LogP contribution in [0, 0.1) is 11.3 Å². The van der Waals surface area contributed by atoms with E-state index in [1.165, 1.54) is 0 Å². The molecule has 0 radical (unpaired) electrons. The largest absolute Gasteiger partial charge is 0.454 e. The lowest BCUT2D eigenvalue weighted by Crippen LogP contribution is -2.03. The molecular formula is C24H17NO3. The van der Waals surface area contributed by atoms with Crippen molar-refractivity contribution in [3.05, 3.63) is 95.6 Å². The van der Waals surface area contributed by atoms with E-state index in [0.29, 0.717) is 28.2 Å². The lowest BCUT2D eigenvalue weighted by molar-refractivity contribution is 0.0998. The number of ether oxygens (including phenoxy) is 2. The number of rotatable bonds is 5. The van der Waals surface area contributed by atoms with Gasteiger partial charge in [0.15, 0.2) is 17.3 Å². The van der Waals surface area contributed by atoms with Crippen LogP contribution in [0.5, 0.6) is 11.5 Å². The molecule has 0 amide bonds. The summed E-state index contributed by atoms with van der Waals surface area (Å²) in [7, 11) is 0. The molecule has 0 aliphatic carbocycles. The molecule has 0 N–H and O–H groups in total. The predicted octanol–water partition coefficient (Wildman–Crippen LogP) is 5.12. The van der Waals surface area contributed by atoms with Crippen LogP contribution in [0.2, 0.25) is 0 Å². The Morgan fingerprint density at radius 3 is 2.14 bits per heavy atom. The Bertz CT molecular complexity index is 1080. The van der Waals surface area contributed by atoms with Gasteiger partial charge in [0.05, 0.1) is 5.57 Å². The second-order valence-corrected chi connectivity index (χ2v) is 6.37. The fourth-order valence-electron chi connectivity index (χ4n) is 3.22. The Hall–Kier alpha value is -3.84. The molecule has 0 saturated carbocycles. The van der Waals surface area contributed by atoms with E-state index >= 15 is 0 Å². The number of hydrogen-bond acceptors (Lipinski definition) is 4. The number of nitrogens with zero attached hydrogens (tertiary/aromatic N) is 1. The molecule has 0 atom stereocenters. The van der Waals surface area contributed by atoms with Crippen LogP contribution >= 0.6 is 0 Å². The second-order valence-electron chi connectivity index (χ2n) is 6.37. The molecule has 3 aromatic carbocycles. The van der Waals surface area contributed by atoms with Gasteiger partial charge in [-0.15, -0.1) is 0 Å². The molecular weight excluding hydrogens is 350 g/mol. The first-order valence-electron chi connectivity index (χ1n) is 8.93. The van der Waals surface area contributed by atoms with Crippen molar-refractivity contribution < 1.29 is 14.3 Å². The van der Waals surface area contributed by atoms with Gasteiger partial charge in [-0.05, 0) is 34.9 Å². The monoisotopic (exact) mass is 367 g/mol. The van der Waals surface area contributed by atoms with Crippen LogP contribution in [0.25, 0.3) is 11.1 Å². The minimum atomic E-state index is -0.0826. The Morgan fingerprint density at radius 2 is 1.46 bits per heavy atom. The minimum Gasteiger partial charge on any atom is -0.454 e. The van der Waals surface area contributed by atoms with E-state index < -0.39 is 0 Å². The topological polar surface area (TPSA) is 59.3 Å². The summed E-state index contributed by atoms with van der Waals surface area (Å²) < 4.78 is 10.7. The lowest BCUT2D eigenvalue weighted by atomic mass is 9.90. The average molecular weight is 367 g/mol. The molecule has 0 bridgehead atoms. The molecule has 1 aliphatic heterocycles. The first-order chi connectivity index (χ1) is 13.8. The maximum absolute atomic E-state index is 13.0. The summed E-state index contributed by atoms with van der Waals surface area (Å²) >= 11 is 0. The first-order valence-corrected chi connectivity index (χ1v) is 8.93. The summed E-state index contributed by atoms with van der Waals surface area (Å²) in [6.45, 7) is 0.161. The first kappa shape index (κ1) is 17.6. The normalized spacial score (nSPS) is 12.8. The van der Waals surface area contributed by atoms with E-state index in [2.05, 4.69) is 6.07 Å². The highest BCUT2D eigenvalue weighted by Crippen LogP contribution is 2.34. The van der Waals surface area contributed by atoms with Gasteiger partial charge >= 0.3 is 0 Å². The number of allylic oxidation sites excluding steroid dienone is 2. The van der Waals surface area contributed by atoms with Crippen molar-refractivity contribution in [2.75, 3.05) is 6.79 Å². The quantitative estimate of drug-likeness (QED) is 0.357. The standard InChI is InChI=1S/C24H17NO3/c25-15-21(18-9-5-2-6-10-18)20(17-7-3-1-4-8-17)14-22(26)19-11-12-23-24(13-19)28-16-27-23/h1-13H,14,16H2/b21-20-. The van der Waals surface area contributed by atoms with Gasteiger partial charge in [-0.2, -0.15) is 5.26 Å². The maximum atomic E-state index is 13.0. The third-order valence-electron chi connectivity index (χ3n) is 4.63. The van der Waals surface area contributed by atoms with E-state index in [-0.39, 0.29) is 19.0 Å². The van der Waals surface area contributed by atoms with Gasteiger partial charge in [0.1, 0.15) is 6.07 Å². The molecule has 0 unspecified atom stereocenters. The third kappa shape index (κ3) is 3.51. The van der Waals surface area contributed by atoms with Crippen LogP contribution in [-0.2, 0) is 0 Å². The zero-order valence-electron chi connectivity index (χ0n) is 15.1. The minimum absolute atomic E-state index is 0.0826. The smallest absolute Gasteiger partial charge is 0.231 e. The number of ketones is 1. The molecule has 0 aromatic heterocycles. The highest BCUT2D eigenvalue weighted by atomic mass is 16.7. The molecule has 4 nitrogen and oxygen atoms in total.